The minimum atomic E-state index is -0.546. The van der Waals surface area contributed by atoms with Gasteiger partial charge in [-0.05, 0) is 24.3 Å². The zero-order chi connectivity index (χ0) is 17.4. The Morgan fingerprint density at radius 2 is 2.12 bits per heavy atom. The van der Waals surface area contributed by atoms with Gasteiger partial charge in [-0.25, -0.2) is 0 Å². The molecule has 1 N–H and O–H groups in total. The molecule has 0 fully saturated rings. The number of benzene rings is 1. The lowest BCUT2D eigenvalue weighted by Gasteiger charge is -2.14. The maximum Gasteiger partial charge on any atom is 0.296 e. The zero-order valence-corrected chi connectivity index (χ0v) is 14.4. The smallest absolute Gasteiger partial charge is 0.296 e. The van der Waals surface area contributed by atoms with E-state index in [2.05, 4.69) is 26.2 Å². The molecule has 1 aromatic carbocycles. The normalized spacial score (nSPS) is 16.0. The summed E-state index contributed by atoms with van der Waals surface area (Å²) in [4.78, 5) is 40.9. The summed E-state index contributed by atoms with van der Waals surface area (Å²) in [5, 5.41) is 2.85. The predicted molar refractivity (Wildman–Crippen MR) is 92.2 cm³/mol. The number of hydrogen-bond acceptors (Lipinski definition) is 5. The number of hydrogen-bond donors (Lipinski definition) is 1. The lowest BCUT2D eigenvalue weighted by molar-refractivity contribution is -0.117. The molecule has 0 atom stereocenters. The average Bonchev–Trinajstić information content (AvgIpc) is 2.77. The van der Waals surface area contributed by atoms with E-state index >= 15 is 0 Å². The molecule has 2 aromatic rings. The standard InChI is InChI=1S/C16H12BrN3O4/c1-8(21)18-16-19-15(23)12(20(16)2)5-9-7-24-13-4-3-10(17)6-11(13)14(9)22/h3-7H,1-2H3,(H,18,19,21,23)/b12-5-. The SMILES string of the molecule is CC(=O)NC1=NC(=O)/C(=C/c2coc3ccc(Br)cc3c2=O)N1C. The van der Waals surface area contributed by atoms with Crippen LogP contribution in [-0.4, -0.2) is 29.7 Å². The molecule has 0 spiro atoms. The highest BCUT2D eigenvalue weighted by molar-refractivity contribution is 9.10. The maximum absolute atomic E-state index is 12.6. The molecule has 0 radical (unpaired) electrons. The summed E-state index contributed by atoms with van der Waals surface area (Å²) in [5.41, 5.74) is 0.571. The molecule has 7 nitrogen and oxygen atoms in total. The number of likely N-dealkylation sites (N-methyl/N-ethyl adjacent to an activating group) is 1. The van der Waals surface area contributed by atoms with Crippen molar-refractivity contribution >= 4 is 50.7 Å². The molecule has 1 aromatic heterocycles. The molecule has 0 unspecified atom stereocenters. The number of guanidine groups is 1. The number of rotatable bonds is 1. The monoisotopic (exact) mass is 389 g/mol. The minimum Gasteiger partial charge on any atom is -0.463 e. The molecule has 0 bridgehead atoms. The van der Waals surface area contributed by atoms with Crippen molar-refractivity contribution in [2.75, 3.05) is 7.05 Å². The van der Waals surface area contributed by atoms with Crippen molar-refractivity contribution < 1.29 is 14.0 Å². The predicted octanol–water partition coefficient (Wildman–Crippen LogP) is 1.86. The second kappa shape index (κ2) is 6.04. The Morgan fingerprint density at radius 1 is 1.38 bits per heavy atom. The van der Waals surface area contributed by atoms with Crippen molar-refractivity contribution in [3.63, 3.8) is 0 Å². The number of carbonyl (C=O) groups excluding carboxylic acids is 2. The van der Waals surface area contributed by atoms with Crippen LogP contribution in [0.15, 0.2) is 48.8 Å². The molecule has 1 aliphatic rings. The van der Waals surface area contributed by atoms with E-state index in [1.807, 2.05) is 0 Å². The topological polar surface area (TPSA) is 92.0 Å². The number of halogens is 1. The molecule has 0 saturated heterocycles. The van der Waals surface area contributed by atoms with Gasteiger partial charge in [0.2, 0.25) is 11.9 Å². The van der Waals surface area contributed by atoms with E-state index < -0.39 is 5.91 Å². The molecule has 8 heteroatoms. The van der Waals surface area contributed by atoms with Crippen molar-refractivity contribution in [3.05, 3.63) is 50.4 Å². The van der Waals surface area contributed by atoms with Gasteiger partial charge in [0.25, 0.3) is 5.91 Å². The third kappa shape index (κ3) is 2.88. The van der Waals surface area contributed by atoms with E-state index in [0.717, 1.165) is 4.47 Å². The number of carbonyl (C=O) groups is 2. The Balaban J connectivity index is 2.05. The van der Waals surface area contributed by atoms with E-state index in [9.17, 15) is 14.4 Å². The van der Waals surface area contributed by atoms with Crippen LogP contribution in [0.1, 0.15) is 12.5 Å². The van der Waals surface area contributed by atoms with Crippen LogP contribution in [0.3, 0.4) is 0 Å². The van der Waals surface area contributed by atoms with Gasteiger partial charge < -0.3 is 9.32 Å². The summed E-state index contributed by atoms with van der Waals surface area (Å²) in [6.45, 7) is 1.32. The van der Waals surface area contributed by atoms with Gasteiger partial charge in [0.05, 0.1) is 10.9 Å². The number of nitrogens with zero attached hydrogens (tertiary/aromatic N) is 2. The van der Waals surface area contributed by atoms with Crippen LogP contribution in [0.25, 0.3) is 17.0 Å². The largest absolute Gasteiger partial charge is 0.463 e. The fraction of sp³-hybridized carbons (Fsp3) is 0.125. The van der Waals surface area contributed by atoms with Crippen LogP contribution in [0, 0.1) is 0 Å². The van der Waals surface area contributed by atoms with Gasteiger partial charge in [0, 0.05) is 18.4 Å². The van der Waals surface area contributed by atoms with Crippen LogP contribution in [-0.2, 0) is 9.59 Å². The van der Waals surface area contributed by atoms with Crippen LogP contribution in [0.4, 0.5) is 0 Å². The summed E-state index contributed by atoms with van der Waals surface area (Å²) >= 11 is 3.31. The van der Waals surface area contributed by atoms with Crippen LogP contribution in [0.5, 0.6) is 0 Å². The second-order valence-corrected chi connectivity index (χ2v) is 6.09. The van der Waals surface area contributed by atoms with E-state index in [-0.39, 0.29) is 28.6 Å². The average molecular weight is 390 g/mol. The molecular weight excluding hydrogens is 378 g/mol. The minimum absolute atomic E-state index is 0.117. The Kier molecular flexibility index (Phi) is 4.06. The molecule has 1 aliphatic heterocycles. The molecule has 0 saturated carbocycles. The highest BCUT2D eigenvalue weighted by atomic mass is 79.9. The van der Waals surface area contributed by atoms with Crippen LogP contribution < -0.4 is 10.7 Å². The van der Waals surface area contributed by atoms with Gasteiger partial charge in [0.1, 0.15) is 17.5 Å². The summed E-state index contributed by atoms with van der Waals surface area (Å²) in [5.74, 6) is -0.772. The van der Waals surface area contributed by atoms with Crippen molar-refractivity contribution in [2.45, 2.75) is 6.92 Å². The van der Waals surface area contributed by atoms with Crippen molar-refractivity contribution in [3.8, 4) is 0 Å². The Hall–Kier alpha value is -2.74. The highest BCUT2D eigenvalue weighted by Gasteiger charge is 2.27. The van der Waals surface area contributed by atoms with E-state index in [1.165, 1.54) is 24.2 Å². The number of amides is 2. The molecule has 2 amide bonds. The summed E-state index contributed by atoms with van der Waals surface area (Å²) < 4.78 is 6.20. The van der Waals surface area contributed by atoms with Gasteiger partial charge in [-0.3, -0.25) is 19.7 Å². The third-order valence-corrected chi connectivity index (χ3v) is 3.94. The number of aliphatic imine (C=N–C) groups is 1. The fourth-order valence-corrected chi connectivity index (χ4v) is 2.64. The van der Waals surface area contributed by atoms with E-state index in [0.29, 0.717) is 11.0 Å². The van der Waals surface area contributed by atoms with Gasteiger partial charge >= 0.3 is 0 Å². The first kappa shape index (κ1) is 16.1. The molecule has 2 heterocycles. The van der Waals surface area contributed by atoms with E-state index in [1.54, 1.807) is 25.2 Å². The molecular formula is C16H12BrN3O4. The maximum atomic E-state index is 12.6. The highest BCUT2D eigenvalue weighted by Crippen LogP contribution is 2.20. The summed E-state index contributed by atoms with van der Waals surface area (Å²) in [6, 6.07) is 5.11. The zero-order valence-electron chi connectivity index (χ0n) is 12.8. The van der Waals surface area contributed by atoms with Crippen LogP contribution in [0.2, 0.25) is 0 Å². The van der Waals surface area contributed by atoms with Crippen molar-refractivity contribution in [1.82, 2.24) is 10.2 Å². The molecule has 3 rings (SSSR count). The Labute approximate surface area is 144 Å². The first-order valence-corrected chi connectivity index (χ1v) is 7.73. The van der Waals surface area contributed by atoms with Gasteiger partial charge in [-0.2, -0.15) is 4.99 Å². The lowest BCUT2D eigenvalue weighted by atomic mass is 10.1. The Bertz CT molecular complexity index is 990. The molecule has 24 heavy (non-hydrogen) atoms. The molecule has 0 aliphatic carbocycles. The first-order chi connectivity index (χ1) is 11.4. The third-order valence-electron chi connectivity index (χ3n) is 3.45. The molecule has 122 valence electrons. The summed E-state index contributed by atoms with van der Waals surface area (Å²) in [6.07, 6.45) is 2.69. The summed E-state index contributed by atoms with van der Waals surface area (Å²) in [7, 11) is 1.57. The number of nitrogens with one attached hydrogen (secondary N) is 1. The van der Waals surface area contributed by atoms with Crippen molar-refractivity contribution in [2.24, 2.45) is 4.99 Å². The van der Waals surface area contributed by atoms with E-state index in [4.69, 9.17) is 4.42 Å². The van der Waals surface area contributed by atoms with Gasteiger partial charge in [-0.15, -0.1) is 0 Å². The first-order valence-electron chi connectivity index (χ1n) is 6.94. The fourth-order valence-electron chi connectivity index (χ4n) is 2.28. The van der Waals surface area contributed by atoms with Crippen LogP contribution >= 0.6 is 15.9 Å². The van der Waals surface area contributed by atoms with Gasteiger partial charge in [0.15, 0.2) is 5.43 Å². The van der Waals surface area contributed by atoms with Gasteiger partial charge in [-0.1, -0.05) is 15.9 Å². The number of fused-ring (bicyclic) bond motifs is 1. The Morgan fingerprint density at radius 3 is 2.83 bits per heavy atom. The second-order valence-electron chi connectivity index (χ2n) is 5.17. The van der Waals surface area contributed by atoms with Crippen molar-refractivity contribution in [1.29, 1.82) is 0 Å². The lowest BCUT2D eigenvalue weighted by Crippen LogP contribution is -2.37. The quantitative estimate of drug-likeness (QED) is 0.751.